The second-order valence-corrected chi connectivity index (χ2v) is 4.39. The number of carbonyl (C=O) groups is 1. The summed E-state index contributed by atoms with van der Waals surface area (Å²) in [5, 5.41) is 9.17. The summed E-state index contributed by atoms with van der Waals surface area (Å²) in [6.45, 7) is 0.568. The van der Waals surface area contributed by atoms with Gasteiger partial charge in [-0.05, 0) is 23.8 Å². The Morgan fingerprint density at radius 2 is 2.00 bits per heavy atom. The number of aromatic carboxylic acids is 1. The molecule has 0 fully saturated rings. The number of pyridine rings is 2. The minimum absolute atomic E-state index is 0.0493. The second kappa shape index (κ2) is 5.67. The van der Waals surface area contributed by atoms with Crippen molar-refractivity contribution in [2.75, 3.05) is 11.9 Å². The van der Waals surface area contributed by atoms with Crippen molar-refractivity contribution in [3.8, 4) is 0 Å². The van der Waals surface area contributed by atoms with E-state index in [4.69, 9.17) is 16.7 Å². The molecule has 0 aliphatic heterocycles. The molecule has 5 nitrogen and oxygen atoms in total. The van der Waals surface area contributed by atoms with E-state index in [9.17, 15) is 4.79 Å². The smallest absolute Gasteiger partial charge is 0.337 e. The first kappa shape index (κ1) is 13.3. The number of carboxylic acids is 1. The maximum absolute atomic E-state index is 11.0. The number of rotatable bonds is 4. The van der Waals surface area contributed by atoms with Crippen LogP contribution < -0.4 is 4.90 Å². The minimum Gasteiger partial charge on any atom is -0.478 e. The second-order valence-electron chi connectivity index (χ2n) is 4.01. The van der Waals surface area contributed by atoms with Crippen LogP contribution in [0.2, 0.25) is 5.02 Å². The molecule has 0 unspecified atom stereocenters. The largest absolute Gasteiger partial charge is 0.478 e. The Hall–Kier alpha value is -2.14. The molecule has 2 rings (SSSR count). The SMILES string of the molecule is CN(Cc1ccncc1)c1nccc(C(=O)O)c1Cl. The van der Waals surface area contributed by atoms with Crippen molar-refractivity contribution in [1.82, 2.24) is 9.97 Å². The molecule has 0 bridgehead atoms. The molecule has 0 spiro atoms. The van der Waals surface area contributed by atoms with Crippen LogP contribution in [0.3, 0.4) is 0 Å². The Bertz CT molecular complexity index is 590. The molecule has 0 atom stereocenters. The van der Waals surface area contributed by atoms with Crippen LogP contribution in [0.4, 0.5) is 5.82 Å². The fourth-order valence-electron chi connectivity index (χ4n) is 1.70. The first-order valence-corrected chi connectivity index (χ1v) is 5.95. The molecule has 0 aliphatic rings. The highest BCUT2D eigenvalue weighted by molar-refractivity contribution is 6.35. The van der Waals surface area contributed by atoms with Gasteiger partial charge in [0.2, 0.25) is 0 Å². The molecule has 2 heterocycles. The van der Waals surface area contributed by atoms with E-state index in [-0.39, 0.29) is 10.6 Å². The molecule has 0 aromatic carbocycles. The van der Waals surface area contributed by atoms with Crippen LogP contribution in [0.25, 0.3) is 0 Å². The average Bonchev–Trinajstić information content (AvgIpc) is 2.39. The van der Waals surface area contributed by atoms with Crippen LogP contribution >= 0.6 is 11.6 Å². The number of nitrogens with zero attached hydrogens (tertiary/aromatic N) is 3. The van der Waals surface area contributed by atoms with Crippen LogP contribution in [0.5, 0.6) is 0 Å². The molecule has 0 amide bonds. The number of halogens is 1. The van der Waals surface area contributed by atoms with Gasteiger partial charge >= 0.3 is 5.97 Å². The molecule has 0 saturated heterocycles. The van der Waals surface area contributed by atoms with Crippen LogP contribution in [-0.2, 0) is 6.54 Å². The molecule has 2 aromatic heterocycles. The van der Waals surface area contributed by atoms with Gasteiger partial charge in [-0.2, -0.15) is 0 Å². The van der Waals surface area contributed by atoms with Gasteiger partial charge in [0.25, 0.3) is 0 Å². The summed E-state index contributed by atoms with van der Waals surface area (Å²) >= 11 is 6.07. The minimum atomic E-state index is -1.06. The van der Waals surface area contributed by atoms with Crippen molar-refractivity contribution < 1.29 is 9.90 Å². The highest BCUT2D eigenvalue weighted by Gasteiger charge is 2.16. The lowest BCUT2D eigenvalue weighted by Gasteiger charge is -2.19. The Balaban J connectivity index is 2.27. The number of hydrogen-bond donors (Lipinski definition) is 1. The predicted molar refractivity (Wildman–Crippen MR) is 72.6 cm³/mol. The fourth-order valence-corrected chi connectivity index (χ4v) is 2.04. The summed E-state index contributed by atoms with van der Waals surface area (Å²) in [7, 11) is 1.81. The standard InChI is InChI=1S/C13H12ClN3O2/c1-17(8-9-2-5-15-6-3-9)12-11(14)10(13(18)19)4-7-16-12/h2-7H,8H2,1H3,(H,18,19). The molecule has 6 heteroatoms. The zero-order valence-electron chi connectivity index (χ0n) is 10.2. The van der Waals surface area contributed by atoms with Crippen molar-refractivity contribution in [3.63, 3.8) is 0 Å². The van der Waals surface area contributed by atoms with Gasteiger partial charge < -0.3 is 10.0 Å². The number of hydrogen-bond acceptors (Lipinski definition) is 4. The van der Waals surface area contributed by atoms with Crippen molar-refractivity contribution in [3.05, 3.63) is 52.9 Å². The zero-order chi connectivity index (χ0) is 13.8. The molecular weight excluding hydrogens is 266 g/mol. The molecule has 0 saturated carbocycles. The summed E-state index contributed by atoms with van der Waals surface area (Å²) in [6.07, 6.45) is 4.84. The summed E-state index contributed by atoms with van der Waals surface area (Å²) < 4.78 is 0. The molecule has 1 N–H and O–H groups in total. The Labute approximate surface area is 115 Å². The summed E-state index contributed by atoms with van der Waals surface area (Å²) in [5.74, 6) is -0.621. The first-order chi connectivity index (χ1) is 9.09. The van der Waals surface area contributed by atoms with E-state index < -0.39 is 5.97 Å². The van der Waals surface area contributed by atoms with Crippen LogP contribution in [0.1, 0.15) is 15.9 Å². The van der Waals surface area contributed by atoms with Crippen molar-refractivity contribution in [1.29, 1.82) is 0 Å². The molecule has 0 radical (unpaired) electrons. The summed E-state index contributed by atoms with van der Waals surface area (Å²) in [4.78, 5) is 20.9. The number of anilines is 1. The lowest BCUT2D eigenvalue weighted by molar-refractivity contribution is 0.0697. The molecule has 19 heavy (non-hydrogen) atoms. The molecule has 0 aliphatic carbocycles. The maximum atomic E-state index is 11.0. The van der Waals surface area contributed by atoms with Gasteiger partial charge in [-0.3, -0.25) is 4.98 Å². The Morgan fingerprint density at radius 3 is 2.63 bits per heavy atom. The van der Waals surface area contributed by atoms with E-state index in [2.05, 4.69) is 9.97 Å². The van der Waals surface area contributed by atoms with Crippen LogP contribution in [-0.4, -0.2) is 28.1 Å². The molecule has 98 valence electrons. The van der Waals surface area contributed by atoms with Gasteiger partial charge in [0.05, 0.1) is 10.6 Å². The van der Waals surface area contributed by atoms with Crippen molar-refractivity contribution in [2.24, 2.45) is 0 Å². The van der Waals surface area contributed by atoms with Crippen LogP contribution in [0, 0.1) is 0 Å². The van der Waals surface area contributed by atoms with Crippen molar-refractivity contribution in [2.45, 2.75) is 6.54 Å². The first-order valence-electron chi connectivity index (χ1n) is 5.57. The third-order valence-corrected chi connectivity index (χ3v) is 3.00. The summed E-state index contributed by atoms with van der Waals surface area (Å²) in [5.41, 5.74) is 1.09. The fraction of sp³-hybridized carbons (Fsp3) is 0.154. The molecule has 2 aromatic rings. The lowest BCUT2D eigenvalue weighted by atomic mass is 10.2. The van der Waals surface area contributed by atoms with Gasteiger partial charge in [0.15, 0.2) is 0 Å². The van der Waals surface area contributed by atoms with E-state index in [1.807, 2.05) is 12.1 Å². The monoisotopic (exact) mass is 277 g/mol. The Kier molecular flexibility index (Phi) is 3.97. The van der Waals surface area contributed by atoms with Gasteiger partial charge in [0, 0.05) is 32.2 Å². The van der Waals surface area contributed by atoms with E-state index in [0.29, 0.717) is 12.4 Å². The predicted octanol–water partition coefficient (Wildman–Crippen LogP) is 2.46. The topological polar surface area (TPSA) is 66.3 Å². The van der Waals surface area contributed by atoms with Gasteiger partial charge in [-0.15, -0.1) is 0 Å². The average molecular weight is 278 g/mol. The number of aromatic nitrogens is 2. The lowest BCUT2D eigenvalue weighted by Crippen LogP contribution is -2.19. The van der Waals surface area contributed by atoms with Gasteiger partial charge in [0.1, 0.15) is 5.82 Å². The van der Waals surface area contributed by atoms with E-state index in [0.717, 1.165) is 5.56 Å². The van der Waals surface area contributed by atoms with E-state index in [1.54, 1.807) is 24.3 Å². The maximum Gasteiger partial charge on any atom is 0.337 e. The Morgan fingerprint density at radius 1 is 1.32 bits per heavy atom. The van der Waals surface area contributed by atoms with Crippen LogP contribution in [0.15, 0.2) is 36.8 Å². The normalized spacial score (nSPS) is 10.2. The van der Waals surface area contributed by atoms with Gasteiger partial charge in [-0.1, -0.05) is 11.6 Å². The third-order valence-electron chi connectivity index (χ3n) is 2.63. The quantitative estimate of drug-likeness (QED) is 0.930. The van der Waals surface area contributed by atoms with E-state index >= 15 is 0 Å². The van der Waals surface area contributed by atoms with E-state index in [1.165, 1.54) is 12.3 Å². The third kappa shape index (κ3) is 3.00. The highest BCUT2D eigenvalue weighted by atomic mass is 35.5. The highest BCUT2D eigenvalue weighted by Crippen LogP contribution is 2.26. The summed E-state index contributed by atoms with van der Waals surface area (Å²) in [6, 6.07) is 5.14. The molecular formula is C13H12ClN3O2. The van der Waals surface area contributed by atoms with Gasteiger partial charge in [-0.25, -0.2) is 9.78 Å². The van der Waals surface area contributed by atoms with Crippen molar-refractivity contribution >= 4 is 23.4 Å². The number of carboxylic acid groups (broad SMARTS) is 1. The zero-order valence-corrected chi connectivity index (χ0v) is 11.0.